The number of amides is 2. The van der Waals surface area contributed by atoms with Crippen molar-refractivity contribution in [2.24, 2.45) is 11.1 Å². The van der Waals surface area contributed by atoms with E-state index in [1.165, 1.54) is 7.11 Å². The zero-order chi connectivity index (χ0) is 19.4. The van der Waals surface area contributed by atoms with Gasteiger partial charge in [0.1, 0.15) is 5.41 Å². The van der Waals surface area contributed by atoms with E-state index in [0.717, 1.165) is 0 Å². The molecule has 27 heavy (non-hydrogen) atoms. The molecule has 1 saturated heterocycles. The van der Waals surface area contributed by atoms with Crippen LogP contribution in [0.1, 0.15) is 22.6 Å². The number of primary amides is 1. The van der Waals surface area contributed by atoms with Crippen LogP contribution < -0.4 is 15.8 Å². The first-order valence-electron chi connectivity index (χ1n) is 8.23. The first-order valence-corrected chi connectivity index (χ1v) is 8.23. The molecule has 0 radical (unpaired) electrons. The summed E-state index contributed by atoms with van der Waals surface area (Å²) in [6.07, 6.45) is 0.458. The molecule has 8 heteroatoms. The molecule has 1 aromatic carbocycles. The molecule has 138 valence electrons. The van der Waals surface area contributed by atoms with Crippen molar-refractivity contribution in [1.82, 2.24) is 15.3 Å². The second kappa shape index (κ2) is 7.43. The molecule has 0 unspecified atom stereocenters. The summed E-state index contributed by atoms with van der Waals surface area (Å²) in [5, 5.41) is 12.3. The second-order valence-electron chi connectivity index (χ2n) is 6.06. The first-order chi connectivity index (χ1) is 13.0. The maximum atomic E-state index is 12.0. The summed E-state index contributed by atoms with van der Waals surface area (Å²) in [6, 6.07) is 8.69. The van der Waals surface area contributed by atoms with Crippen molar-refractivity contribution >= 4 is 11.8 Å². The average molecular weight is 366 g/mol. The summed E-state index contributed by atoms with van der Waals surface area (Å²) in [5.41, 5.74) is 5.97. The number of hydrogen-bond acceptors (Lipinski definition) is 6. The summed E-state index contributed by atoms with van der Waals surface area (Å²) in [6.45, 7) is 0.154. The van der Waals surface area contributed by atoms with E-state index in [1.807, 2.05) is 0 Å². The number of ether oxygens (including phenoxy) is 1. The van der Waals surface area contributed by atoms with Gasteiger partial charge >= 0.3 is 0 Å². The maximum Gasteiger partial charge on any atom is 0.286 e. The molecule has 1 fully saturated rings. The third-order valence-electron chi connectivity index (χ3n) is 4.28. The molecule has 0 spiro atoms. The summed E-state index contributed by atoms with van der Waals surface area (Å²) in [4.78, 5) is 31.4. The van der Waals surface area contributed by atoms with Gasteiger partial charge in [0.15, 0.2) is 0 Å². The Bertz CT molecular complexity index is 964. The van der Waals surface area contributed by atoms with Crippen molar-refractivity contribution in [1.29, 1.82) is 0 Å². The Labute approximate surface area is 155 Å². The number of aromatic nitrogens is 2. The minimum absolute atomic E-state index is 0.150. The van der Waals surface area contributed by atoms with Gasteiger partial charge in [-0.15, -0.1) is 0 Å². The average Bonchev–Trinajstić information content (AvgIpc) is 3.07. The molecule has 1 atom stereocenters. The largest absolute Gasteiger partial charge is 0.481 e. The fraction of sp³-hybridized carbons (Fsp3) is 0.263. The van der Waals surface area contributed by atoms with Gasteiger partial charge in [0.25, 0.3) is 5.91 Å². The highest BCUT2D eigenvalue weighted by Gasteiger charge is 2.40. The van der Waals surface area contributed by atoms with Crippen LogP contribution in [0.5, 0.6) is 5.88 Å². The van der Waals surface area contributed by atoms with Crippen LogP contribution in [0.2, 0.25) is 0 Å². The molecule has 1 aliphatic rings. The van der Waals surface area contributed by atoms with Crippen LogP contribution in [-0.4, -0.2) is 47.2 Å². The standard InChI is InChI=1S/C19H18N4O4/c1-27-15-10-14(22-17(23-15)16(20)25)13-4-2-3-12(9-13)5-6-19(11-24)7-8-21-18(19)26/h2-4,9-10,24H,7-8,11H2,1H3,(H2,20,25)(H,21,26)/t19-/m0/s1. The maximum absolute atomic E-state index is 12.0. The topological polar surface area (TPSA) is 127 Å². The van der Waals surface area contributed by atoms with Crippen molar-refractivity contribution in [2.75, 3.05) is 20.3 Å². The van der Waals surface area contributed by atoms with E-state index in [0.29, 0.717) is 29.8 Å². The minimum Gasteiger partial charge on any atom is -0.481 e. The van der Waals surface area contributed by atoms with Gasteiger partial charge in [0, 0.05) is 23.7 Å². The lowest BCUT2D eigenvalue weighted by molar-refractivity contribution is -0.126. The van der Waals surface area contributed by atoms with E-state index in [4.69, 9.17) is 10.5 Å². The number of methoxy groups -OCH3 is 1. The molecule has 1 aromatic heterocycles. The molecule has 2 heterocycles. The molecule has 1 aliphatic heterocycles. The summed E-state index contributed by atoms with van der Waals surface area (Å²) >= 11 is 0. The summed E-state index contributed by atoms with van der Waals surface area (Å²) in [5.74, 6) is 4.89. The van der Waals surface area contributed by atoms with Gasteiger partial charge in [-0.05, 0) is 18.6 Å². The van der Waals surface area contributed by atoms with Crippen LogP contribution in [0.4, 0.5) is 0 Å². The number of aliphatic hydroxyl groups is 1. The van der Waals surface area contributed by atoms with E-state index in [2.05, 4.69) is 27.1 Å². The number of carbonyl (C=O) groups excluding carboxylic acids is 2. The van der Waals surface area contributed by atoms with Crippen LogP contribution in [-0.2, 0) is 4.79 Å². The van der Waals surface area contributed by atoms with Gasteiger partial charge in [-0.3, -0.25) is 9.59 Å². The van der Waals surface area contributed by atoms with Gasteiger partial charge in [-0.1, -0.05) is 24.0 Å². The molecule has 4 N–H and O–H groups in total. The fourth-order valence-corrected chi connectivity index (χ4v) is 2.72. The highest BCUT2D eigenvalue weighted by atomic mass is 16.5. The van der Waals surface area contributed by atoms with E-state index in [1.54, 1.807) is 30.3 Å². The normalized spacial score (nSPS) is 18.4. The van der Waals surface area contributed by atoms with Crippen molar-refractivity contribution in [3.63, 3.8) is 0 Å². The molecular weight excluding hydrogens is 348 g/mol. The summed E-state index contributed by atoms with van der Waals surface area (Å²) in [7, 11) is 1.43. The highest BCUT2D eigenvalue weighted by molar-refractivity contribution is 5.89. The third kappa shape index (κ3) is 3.73. The first kappa shape index (κ1) is 18.4. The van der Waals surface area contributed by atoms with Gasteiger partial charge in [-0.25, -0.2) is 4.98 Å². The van der Waals surface area contributed by atoms with Crippen molar-refractivity contribution in [2.45, 2.75) is 6.42 Å². The van der Waals surface area contributed by atoms with Gasteiger partial charge in [0.2, 0.25) is 17.6 Å². The third-order valence-corrected chi connectivity index (χ3v) is 4.28. The monoisotopic (exact) mass is 366 g/mol. The Morgan fingerprint density at radius 3 is 2.85 bits per heavy atom. The zero-order valence-electron chi connectivity index (χ0n) is 14.7. The van der Waals surface area contributed by atoms with Gasteiger partial charge in [0.05, 0.1) is 19.4 Å². The van der Waals surface area contributed by atoms with Gasteiger partial charge in [-0.2, -0.15) is 4.98 Å². The number of nitrogens with one attached hydrogen (secondary N) is 1. The summed E-state index contributed by atoms with van der Waals surface area (Å²) < 4.78 is 5.09. The Hall–Kier alpha value is -3.44. The van der Waals surface area contributed by atoms with E-state index >= 15 is 0 Å². The smallest absolute Gasteiger partial charge is 0.286 e. The molecule has 0 bridgehead atoms. The van der Waals surface area contributed by atoms with Crippen LogP contribution in [0.15, 0.2) is 30.3 Å². The second-order valence-corrected chi connectivity index (χ2v) is 6.06. The SMILES string of the molecule is COc1cc(-c2cccc(C#C[C@@]3(CO)CCNC3=O)c2)nc(C(N)=O)n1. The van der Waals surface area contributed by atoms with Crippen LogP contribution >= 0.6 is 0 Å². The number of aliphatic hydroxyl groups excluding tert-OH is 1. The molecule has 0 aliphatic carbocycles. The number of benzene rings is 1. The Morgan fingerprint density at radius 1 is 1.41 bits per heavy atom. The lowest BCUT2D eigenvalue weighted by Crippen LogP contribution is -2.33. The Balaban J connectivity index is 1.98. The van der Waals surface area contributed by atoms with Crippen molar-refractivity contribution < 1.29 is 19.4 Å². The van der Waals surface area contributed by atoms with E-state index in [9.17, 15) is 14.7 Å². The van der Waals surface area contributed by atoms with E-state index < -0.39 is 11.3 Å². The number of nitrogens with zero attached hydrogens (tertiary/aromatic N) is 2. The molecule has 0 saturated carbocycles. The fourth-order valence-electron chi connectivity index (χ4n) is 2.72. The van der Waals surface area contributed by atoms with Crippen LogP contribution in [0, 0.1) is 17.3 Å². The molecule has 2 aromatic rings. The van der Waals surface area contributed by atoms with Gasteiger partial charge < -0.3 is 20.9 Å². The number of nitrogens with two attached hydrogens (primary N) is 1. The zero-order valence-corrected chi connectivity index (χ0v) is 14.7. The molecular formula is C19H18N4O4. The number of rotatable bonds is 4. The van der Waals surface area contributed by atoms with Crippen LogP contribution in [0.25, 0.3) is 11.3 Å². The number of carbonyl (C=O) groups is 2. The molecule has 3 rings (SSSR count). The molecule has 8 nitrogen and oxygen atoms in total. The lowest BCUT2D eigenvalue weighted by atomic mass is 9.88. The predicted octanol–water partition coefficient (Wildman–Crippen LogP) is 0.101. The quantitative estimate of drug-likeness (QED) is 0.659. The molecule has 2 amide bonds. The van der Waals surface area contributed by atoms with Crippen LogP contribution in [0.3, 0.4) is 0 Å². The van der Waals surface area contributed by atoms with Crippen molar-refractivity contribution in [3.8, 4) is 29.0 Å². The Kier molecular flexibility index (Phi) is 5.05. The number of hydrogen-bond donors (Lipinski definition) is 3. The minimum atomic E-state index is -1.08. The van der Waals surface area contributed by atoms with Crippen molar-refractivity contribution in [3.05, 3.63) is 41.7 Å². The van der Waals surface area contributed by atoms with E-state index in [-0.39, 0.29) is 24.2 Å². The lowest BCUT2D eigenvalue weighted by Gasteiger charge is -2.15. The highest BCUT2D eigenvalue weighted by Crippen LogP contribution is 2.26. The predicted molar refractivity (Wildman–Crippen MR) is 96.6 cm³/mol. The Morgan fingerprint density at radius 2 is 2.22 bits per heavy atom.